The summed E-state index contributed by atoms with van der Waals surface area (Å²) in [7, 11) is 0. The maximum Gasteiger partial charge on any atom is 0.322 e. The van der Waals surface area contributed by atoms with Crippen molar-refractivity contribution in [1.82, 2.24) is 20.4 Å². The van der Waals surface area contributed by atoms with Crippen LogP contribution in [0.2, 0.25) is 0 Å². The van der Waals surface area contributed by atoms with Gasteiger partial charge in [-0.3, -0.25) is 19.8 Å². The Morgan fingerprint density at radius 2 is 2.04 bits per heavy atom. The number of halogens is 1. The van der Waals surface area contributed by atoms with Crippen LogP contribution in [0.4, 0.5) is 9.18 Å². The number of hydrogen-bond acceptors (Lipinski definition) is 4. The highest BCUT2D eigenvalue weighted by Crippen LogP contribution is 2.13. The van der Waals surface area contributed by atoms with Crippen molar-refractivity contribution in [2.24, 2.45) is 0 Å². The molecule has 3 rings (SSSR count). The Kier molecular flexibility index (Phi) is 5.82. The lowest BCUT2D eigenvalue weighted by Gasteiger charge is -2.26. The van der Waals surface area contributed by atoms with Crippen LogP contribution in [-0.4, -0.2) is 59.9 Å². The van der Waals surface area contributed by atoms with Crippen molar-refractivity contribution in [2.45, 2.75) is 31.8 Å². The quantitative estimate of drug-likeness (QED) is 0.835. The zero-order valence-corrected chi connectivity index (χ0v) is 14.5. The number of carbonyl (C=O) groups excluding carboxylic acids is 3. The third-order valence-electron chi connectivity index (χ3n) is 4.71. The van der Waals surface area contributed by atoms with Gasteiger partial charge in [0, 0.05) is 39.1 Å². The minimum Gasteiger partial charge on any atom is -0.340 e. The Labute approximate surface area is 151 Å². The molecule has 2 saturated heterocycles. The van der Waals surface area contributed by atoms with Crippen LogP contribution >= 0.6 is 0 Å². The van der Waals surface area contributed by atoms with Gasteiger partial charge in [-0.2, -0.15) is 0 Å². The Morgan fingerprint density at radius 1 is 1.19 bits per heavy atom. The fourth-order valence-electron chi connectivity index (χ4n) is 3.38. The number of nitrogens with one attached hydrogen (secondary N) is 2. The lowest BCUT2D eigenvalue weighted by molar-refractivity contribution is -0.133. The topological polar surface area (TPSA) is 81.8 Å². The molecule has 1 atom stereocenters. The normalized spacial score (nSPS) is 22.2. The molecule has 8 heteroatoms. The molecule has 26 heavy (non-hydrogen) atoms. The van der Waals surface area contributed by atoms with Gasteiger partial charge in [-0.05, 0) is 30.5 Å². The molecular weight excluding hydrogens is 339 g/mol. The summed E-state index contributed by atoms with van der Waals surface area (Å²) < 4.78 is 13.3. The maximum atomic E-state index is 13.3. The number of carbonyl (C=O) groups is 3. The minimum absolute atomic E-state index is 0.148. The predicted octanol–water partition coefficient (Wildman–Crippen LogP) is 0.848. The highest BCUT2D eigenvalue weighted by Gasteiger charge is 2.30. The van der Waals surface area contributed by atoms with Crippen molar-refractivity contribution in [3.05, 3.63) is 35.6 Å². The molecule has 0 aliphatic carbocycles. The van der Waals surface area contributed by atoms with Crippen LogP contribution in [0.25, 0.3) is 0 Å². The molecule has 2 N–H and O–H groups in total. The Morgan fingerprint density at radius 3 is 2.85 bits per heavy atom. The van der Waals surface area contributed by atoms with E-state index >= 15 is 0 Å². The van der Waals surface area contributed by atoms with Gasteiger partial charge in [0.15, 0.2) is 0 Å². The average molecular weight is 362 g/mol. The van der Waals surface area contributed by atoms with Crippen LogP contribution in [0, 0.1) is 5.82 Å². The first-order chi connectivity index (χ1) is 12.5. The van der Waals surface area contributed by atoms with E-state index < -0.39 is 12.1 Å². The summed E-state index contributed by atoms with van der Waals surface area (Å²) in [5.41, 5.74) is 0.908. The van der Waals surface area contributed by atoms with Gasteiger partial charge in [0.1, 0.15) is 11.9 Å². The fraction of sp³-hybridized carbons (Fsp3) is 0.500. The number of nitrogens with zero attached hydrogens (tertiary/aromatic N) is 2. The molecule has 2 aliphatic heterocycles. The van der Waals surface area contributed by atoms with Crippen molar-refractivity contribution >= 4 is 17.8 Å². The lowest BCUT2D eigenvalue weighted by Crippen LogP contribution is -2.50. The Balaban J connectivity index is 1.56. The molecule has 140 valence electrons. The third-order valence-corrected chi connectivity index (χ3v) is 4.71. The largest absolute Gasteiger partial charge is 0.340 e. The van der Waals surface area contributed by atoms with Crippen LogP contribution < -0.4 is 10.6 Å². The molecule has 0 bridgehead atoms. The van der Waals surface area contributed by atoms with E-state index in [9.17, 15) is 18.8 Å². The van der Waals surface area contributed by atoms with Gasteiger partial charge in [-0.25, -0.2) is 9.18 Å². The molecule has 0 saturated carbocycles. The van der Waals surface area contributed by atoms with Crippen LogP contribution in [0.1, 0.15) is 24.8 Å². The van der Waals surface area contributed by atoms with E-state index in [0.717, 1.165) is 18.5 Å². The molecule has 2 heterocycles. The van der Waals surface area contributed by atoms with Gasteiger partial charge in [-0.15, -0.1) is 0 Å². The van der Waals surface area contributed by atoms with E-state index in [1.165, 1.54) is 12.1 Å². The van der Waals surface area contributed by atoms with E-state index in [2.05, 4.69) is 15.5 Å². The van der Waals surface area contributed by atoms with Crippen LogP contribution in [-0.2, 0) is 16.1 Å². The summed E-state index contributed by atoms with van der Waals surface area (Å²) in [6.45, 7) is 3.28. The second-order valence-corrected chi connectivity index (χ2v) is 6.70. The van der Waals surface area contributed by atoms with Crippen molar-refractivity contribution < 1.29 is 18.8 Å². The van der Waals surface area contributed by atoms with Gasteiger partial charge in [-0.1, -0.05) is 12.1 Å². The van der Waals surface area contributed by atoms with Crippen molar-refractivity contribution in [3.8, 4) is 0 Å². The standard InChI is InChI=1S/C18H23FN4O3/c19-14-4-1-3-13(11-14)12-22-7-2-8-23(10-9-22)17(25)15-5-6-16(24)21-18(26)20-15/h1,3-4,11,15H,2,5-10,12H2,(H2,20,21,24,26). The second kappa shape index (κ2) is 8.27. The van der Waals surface area contributed by atoms with Gasteiger partial charge in [0.2, 0.25) is 11.8 Å². The molecule has 7 nitrogen and oxygen atoms in total. The summed E-state index contributed by atoms with van der Waals surface area (Å²) in [4.78, 5) is 39.7. The summed E-state index contributed by atoms with van der Waals surface area (Å²) in [6, 6.07) is 5.25. The summed E-state index contributed by atoms with van der Waals surface area (Å²) >= 11 is 0. The minimum atomic E-state index is -0.670. The van der Waals surface area contributed by atoms with Crippen molar-refractivity contribution in [3.63, 3.8) is 0 Å². The molecule has 1 unspecified atom stereocenters. The monoisotopic (exact) mass is 362 g/mol. The fourth-order valence-corrected chi connectivity index (χ4v) is 3.38. The third kappa shape index (κ3) is 4.78. The molecule has 0 radical (unpaired) electrons. The predicted molar refractivity (Wildman–Crippen MR) is 92.6 cm³/mol. The molecule has 1 aromatic rings. The first-order valence-electron chi connectivity index (χ1n) is 8.87. The molecule has 2 fully saturated rings. The van der Waals surface area contributed by atoms with Crippen molar-refractivity contribution in [1.29, 1.82) is 0 Å². The first kappa shape index (κ1) is 18.3. The Bertz CT molecular complexity index is 697. The van der Waals surface area contributed by atoms with E-state index in [1.807, 2.05) is 6.07 Å². The molecular formula is C18H23FN4O3. The Hall–Kier alpha value is -2.48. The molecule has 0 aromatic heterocycles. The van der Waals surface area contributed by atoms with Gasteiger partial charge >= 0.3 is 6.03 Å². The van der Waals surface area contributed by atoms with E-state index in [-0.39, 0.29) is 24.1 Å². The SMILES string of the molecule is O=C1CCC(C(=O)N2CCCN(Cc3cccc(F)c3)CC2)NC(=O)N1. The zero-order valence-electron chi connectivity index (χ0n) is 14.5. The van der Waals surface area contributed by atoms with Gasteiger partial charge in [0.25, 0.3) is 0 Å². The van der Waals surface area contributed by atoms with E-state index in [4.69, 9.17) is 0 Å². The number of imide groups is 1. The number of urea groups is 1. The lowest BCUT2D eigenvalue weighted by atomic mass is 10.1. The molecule has 2 aliphatic rings. The van der Waals surface area contributed by atoms with Crippen LogP contribution in [0.3, 0.4) is 0 Å². The first-order valence-corrected chi connectivity index (χ1v) is 8.87. The molecule has 1 aromatic carbocycles. The maximum absolute atomic E-state index is 13.3. The number of hydrogen-bond donors (Lipinski definition) is 2. The zero-order chi connectivity index (χ0) is 18.5. The number of rotatable bonds is 3. The van der Waals surface area contributed by atoms with E-state index in [1.54, 1.807) is 11.0 Å². The smallest absolute Gasteiger partial charge is 0.322 e. The van der Waals surface area contributed by atoms with E-state index in [0.29, 0.717) is 32.6 Å². The summed E-state index contributed by atoms with van der Waals surface area (Å²) in [6.07, 6.45) is 1.26. The average Bonchev–Trinajstić information content (AvgIpc) is 2.92. The number of amides is 4. The van der Waals surface area contributed by atoms with Crippen LogP contribution in [0.15, 0.2) is 24.3 Å². The highest BCUT2D eigenvalue weighted by molar-refractivity contribution is 5.98. The highest BCUT2D eigenvalue weighted by atomic mass is 19.1. The van der Waals surface area contributed by atoms with Crippen LogP contribution in [0.5, 0.6) is 0 Å². The summed E-state index contributed by atoms with van der Waals surface area (Å²) in [5.74, 6) is -0.765. The van der Waals surface area contributed by atoms with Gasteiger partial charge in [0.05, 0.1) is 0 Å². The van der Waals surface area contributed by atoms with Crippen molar-refractivity contribution in [2.75, 3.05) is 26.2 Å². The van der Waals surface area contributed by atoms with Gasteiger partial charge < -0.3 is 10.2 Å². The second-order valence-electron chi connectivity index (χ2n) is 6.70. The molecule has 4 amide bonds. The number of benzene rings is 1. The molecule has 0 spiro atoms. The summed E-state index contributed by atoms with van der Waals surface area (Å²) in [5, 5.41) is 4.75.